The lowest BCUT2D eigenvalue weighted by Crippen LogP contribution is -2.40. The van der Waals surface area contributed by atoms with Crippen LogP contribution in [0.2, 0.25) is 5.02 Å². The van der Waals surface area contributed by atoms with Crippen LogP contribution >= 0.6 is 11.6 Å². The number of aromatic nitrogens is 3. The Hall–Kier alpha value is -4.33. The number of carbonyl (C=O) groups excluding carboxylic acids is 2. The number of nitrogens with one attached hydrogen (secondary N) is 3. The summed E-state index contributed by atoms with van der Waals surface area (Å²) in [6, 6.07) is 12.9. The molecule has 0 spiro atoms. The van der Waals surface area contributed by atoms with E-state index in [0.717, 1.165) is 18.4 Å². The van der Waals surface area contributed by atoms with Gasteiger partial charge in [-0.05, 0) is 82.0 Å². The first-order valence-corrected chi connectivity index (χ1v) is 14.7. The molecule has 11 nitrogen and oxygen atoms in total. The number of alkyl halides is 3. The van der Waals surface area contributed by atoms with Gasteiger partial charge in [0.1, 0.15) is 5.60 Å². The highest BCUT2D eigenvalue weighted by atomic mass is 35.5. The van der Waals surface area contributed by atoms with Crippen LogP contribution in [0.4, 0.5) is 35.5 Å². The third-order valence-corrected chi connectivity index (χ3v) is 7.31. The molecule has 1 atom stereocenters. The van der Waals surface area contributed by atoms with Crippen LogP contribution in [0.1, 0.15) is 56.0 Å². The van der Waals surface area contributed by atoms with Gasteiger partial charge < -0.3 is 30.3 Å². The van der Waals surface area contributed by atoms with Gasteiger partial charge in [-0.2, -0.15) is 28.1 Å². The molecule has 0 unspecified atom stereocenters. The molecular weight excluding hydrogens is 615 g/mol. The van der Waals surface area contributed by atoms with E-state index in [9.17, 15) is 22.8 Å². The molecule has 2 fully saturated rings. The lowest BCUT2D eigenvalue weighted by atomic mass is 10.1. The highest BCUT2D eigenvalue weighted by molar-refractivity contribution is 6.30. The molecule has 0 bridgehead atoms. The predicted octanol–water partition coefficient (Wildman–Crippen LogP) is 6.05. The van der Waals surface area contributed by atoms with Crippen molar-refractivity contribution in [1.82, 2.24) is 25.2 Å². The fourth-order valence-electron chi connectivity index (χ4n) is 4.75. The van der Waals surface area contributed by atoms with Crippen molar-refractivity contribution in [2.75, 3.05) is 30.3 Å². The van der Waals surface area contributed by atoms with Crippen molar-refractivity contribution < 1.29 is 32.2 Å². The molecule has 2 aromatic carbocycles. The molecule has 240 valence electrons. The van der Waals surface area contributed by atoms with Crippen LogP contribution < -0.4 is 20.7 Å². The largest absolute Gasteiger partial charge is 0.454 e. The second kappa shape index (κ2) is 12.6. The zero-order valence-electron chi connectivity index (χ0n) is 24.9. The molecule has 3 aromatic rings. The van der Waals surface area contributed by atoms with Crippen molar-refractivity contribution in [3.8, 4) is 6.01 Å². The van der Waals surface area contributed by atoms with E-state index in [2.05, 4.69) is 30.9 Å². The van der Waals surface area contributed by atoms with E-state index < -0.39 is 36.0 Å². The van der Waals surface area contributed by atoms with Crippen molar-refractivity contribution in [3.63, 3.8) is 0 Å². The van der Waals surface area contributed by atoms with E-state index in [1.54, 1.807) is 62.1 Å². The summed E-state index contributed by atoms with van der Waals surface area (Å²) < 4.78 is 48.9. The molecule has 1 aliphatic heterocycles. The summed E-state index contributed by atoms with van der Waals surface area (Å²) in [4.78, 5) is 39.2. The van der Waals surface area contributed by atoms with Crippen molar-refractivity contribution in [3.05, 3.63) is 64.7 Å². The van der Waals surface area contributed by atoms with Crippen molar-refractivity contribution in [1.29, 1.82) is 0 Å². The van der Waals surface area contributed by atoms with Crippen LogP contribution in [0, 0.1) is 0 Å². The van der Waals surface area contributed by atoms with Gasteiger partial charge in [0.15, 0.2) is 6.61 Å². The average Bonchev–Trinajstić information content (AvgIpc) is 3.57. The average molecular weight is 648 g/mol. The fourth-order valence-corrected chi connectivity index (χ4v) is 4.87. The van der Waals surface area contributed by atoms with Crippen LogP contribution in [0.25, 0.3) is 0 Å². The van der Waals surface area contributed by atoms with E-state index >= 15 is 0 Å². The van der Waals surface area contributed by atoms with E-state index in [4.69, 9.17) is 21.1 Å². The van der Waals surface area contributed by atoms with E-state index in [-0.39, 0.29) is 23.8 Å². The second-order valence-corrected chi connectivity index (χ2v) is 12.4. The first-order chi connectivity index (χ1) is 21.2. The number of amides is 2. The van der Waals surface area contributed by atoms with Crippen LogP contribution in [-0.4, -0.2) is 69.4 Å². The molecule has 1 aliphatic carbocycles. The Morgan fingerprint density at radius 1 is 1.00 bits per heavy atom. The van der Waals surface area contributed by atoms with E-state index in [1.165, 1.54) is 0 Å². The molecule has 2 amide bonds. The van der Waals surface area contributed by atoms with Gasteiger partial charge in [-0.15, -0.1) is 0 Å². The quantitative estimate of drug-likeness (QED) is 0.254. The minimum absolute atomic E-state index is 0.0325. The van der Waals surface area contributed by atoms with Gasteiger partial charge in [-0.1, -0.05) is 23.7 Å². The van der Waals surface area contributed by atoms with Gasteiger partial charge in [0, 0.05) is 35.4 Å². The van der Waals surface area contributed by atoms with Crippen LogP contribution in [0.3, 0.4) is 0 Å². The number of hydrogen-bond acceptors (Lipinski definition) is 9. The summed E-state index contributed by atoms with van der Waals surface area (Å²) >= 11 is 6.02. The zero-order chi connectivity index (χ0) is 32.4. The third kappa shape index (κ3) is 8.87. The van der Waals surface area contributed by atoms with Gasteiger partial charge >= 0.3 is 18.3 Å². The molecule has 15 heteroatoms. The molecule has 0 radical (unpaired) electrons. The van der Waals surface area contributed by atoms with E-state index in [1.807, 2.05) is 12.1 Å². The molecule has 1 aromatic heterocycles. The highest BCUT2D eigenvalue weighted by Crippen LogP contribution is 2.48. The Morgan fingerprint density at radius 3 is 2.29 bits per heavy atom. The predicted molar refractivity (Wildman–Crippen MR) is 161 cm³/mol. The first-order valence-electron chi connectivity index (χ1n) is 14.3. The maximum Gasteiger partial charge on any atom is 0.422 e. The minimum atomic E-state index is -4.59. The normalized spacial score (nSPS) is 17.4. The molecule has 2 aliphatic rings. The molecule has 45 heavy (non-hydrogen) atoms. The number of likely N-dealkylation sites (tertiary alicyclic amines) is 1. The number of halogens is 4. The monoisotopic (exact) mass is 647 g/mol. The Kier molecular flexibility index (Phi) is 8.97. The molecule has 3 N–H and O–H groups in total. The Morgan fingerprint density at radius 2 is 1.67 bits per heavy atom. The summed E-state index contributed by atoms with van der Waals surface area (Å²) in [5.74, 6) is -0.337. The molecular formula is C30H33ClF3N7O4. The summed E-state index contributed by atoms with van der Waals surface area (Å²) in [6.07, 6.45) is -2.90. The number of carbonyl (C=O) groups is 2. The van der Waals surface area contributed by atoms with Crippen LogP contribution in [-0.2, 0) is 10.3 Å². The topological polar surface area (TPSA) is 131 Å². The number of benzene rings is 2. The summed E-state index contributed by atoms with van der Waals surface area (Å²) in [7, 11) is 0. The second-order valence-electron chi connectivity index (χ2n) is 12.0. The van der Waals surface area contributed by atoms with Crippen LogP contribution in [0.5, 0.6) is 6.01 Å². The molecule has 1 saturated carbocycles. The molecule has 2 heterocycles. The summed E-state index contributed by atoms with van der Waals surface area (Å²) in [5.41, 5.74) is 0.678. The fraction of sp³-hybridized carbons (Fsp3) is 0.433. The van der Waals surface area contributed by atoms with Crippen molar-refractivity contribution in [2.24, 2.45) is 0 Å². The lowest BCUT2D eigenvalue weighted by Gasteiger charge is -2.24. The standard InChI is InChI=1S/C30H33ClF3N7O4/c1-28(2,3)45-27(43)41-15-12-22(16-41)35-23(42)18-4-10-21(11-5-18)36-24-37-25(39-26(38-24)44-17-30(32,33)34)40-29(13-14-29)19-6-8-20(31)9-7-19/h4-11,22H,12-17H2,1-3H3,(H,35,42)(H2,36,37,38,39,40)/t22-/m0/s1. The SMILES string of the molecule is CC(C)(C)OC(=O)N1CC[C@H](NC(=O)c2ccc(Nc3nc(NC4(c5ccc(Cl)cc5)CC4)nc(OCC(F)(F)F)n3)cc2)C1. The Labute approximate surface area is 262 Å². The van der Waals surface area contributed by atoms with Gasteiger partial charge in [-0.25, -0.2) is 4.79 Å². The number of ether oxygens (including phenoxy) is 2. The van der Waals surface area contributed by atoms with Gasteiger partial charge in [0.25, 0.3) is 5.91 Å². The smallest absolute Gasteiger partial charge is 0.422 e. The zero-order valence-corrected chi connectivity index (χ0v) is 25.6. The minimum Gasteiger partial charge on any atom is -0.454 e. The van der Waals surface area contributed by atoms with Gasteiger partial charge in [0.2, 0.25) is 11.9 Å². The van der Waals surface area contributed by atoms with E-state index in [0.29, 0.717) is 35.8 Å². The highest BCUT2D eigenvalue weighted by Gasteiger charge is 2.45. The van der Waals surface area contributed by atoms with Crippen LogP contribution in [0.15, 0.2) is 48.5 Å². The van der Waals surface area contributed by atoms with Crippen molar-refractivity contribution in [2.45, 2.75) is 63.4 Å². The third-order valence-electron chi connectivity index (χ3n) is 7.06. The Bertz CT molecular complexity index is 1530. The Balaban J connectivity index is 1.25. The van der Waals surface area contributed by atoms with Gasteiger partial charge in [-0.3, -0.25) is 4.79 Å². The maximum atomic E-state index is 12.9. The number of rotatable bonds is 9. The number of hydrogen-bond donors (Lipinski definition) is 3. The van der Waals surface area contributed by atoms with Gasteiger partial charge in [0.05, 0.1) is 5.54 Å². The van der Waals surface area contributed by atoms with Crippen molar-refractivity contribution >= 4 is 41.2 Å². The number of anilines is 3. The summed E-state index contributed by atoms with van der Waals surface area (Å²) in [5, 5.41) is 9.67. The first kappa shape index (κ1) is 32.1. The summed E-state index contributed by atoms with van der Waals surface area (Å²) in [6.45, 7) is 4.63. The lowest BCUT2D eigenvalue weighted by molar-refractivity contribution is -0.154. The molecule has 1 saturated heterocycles. The molecule has 5 rings (SSSR count). The number of nitrogens with zero attached hydrogens (tertiary/aromatic N) is 4. The maximum absolute atomic E-state index is 12.9.